The lowest BCUT2D eigenvalue weighted by molar-refractivity contribution is 0.843. The molecule has 0 heterocycles. The van der Waals surface area contributed by atoms with E-state index in [0.29, 0.717) is 0 Å². The minimum absolute atomic E-state index is 0.266. The van der Waals surface area contributed by atoms with E-state index < -0.39 is 8.07 Å². The Morgan fingerprint density at radius 3 is 1.60 bits per heavy atom. The largest absolute Gasteiger partial charge is 0.106 e. The summed E-state index contributed by atoms with van der Waals surface area (Å²) in [5, 5.41) is 0.266. The zero-order valence-electron chi connectivity index (χ0n) is 8.00. The summed E-state index contributed by atoms with van der Waals surface area (Å²) < 4.78 is 0. The van der Waals surface area contributed by atoms with E-state index in [0.717, 1.165) is 0 Å². The van der Waals surface area contributed by atoms with Crippen molar-refractivity contribution in [3.05, 3.63) is 0 Å². The molecule has 0 aliphatic carbocycles. The van der Waals surface area contributed by atoms with Gasteiger partial charge >= 0.3 is 0 Å². The molecule has 1 heteroatoms. The highest BCUT2D eigenvalue weighted by molar-refractivity contribution is 6.79. The maximum atomic E-state index is 3.27. The smallest absolute Gasteiger partial charge is 0.0644 e. The van der Waals surface area contributed by atoms with Crippen LogP contribution in [0.2, 0.25) is 24.7 Å². The van der Waals surface area contributed by atoms with Crippen LogP contribution in [0, 0.1) is 11.8 Å². The SMILES string of the molecule is CC#CC(C)(C)[Si](C)(C)C. The first-order valence-corrected chi connectivity index (χ1v) is 7.25. The third-order valence-electron chi connectivity index (χ3n) is 2.31. The molecule has 0 radical (unpaired) electrons. The normalized spacial score (nSPS) is 12.2. The topological polar surface area (TPSA) is 0 Å². The molecule has 58 valence electrons. The number of hydrogen-bond donors (Lipinski definition) is 0. The van der Waals surface area contributed by atoms with Gasteiger partial charge < -0.3 is 0 Å². The standard InChI is InChI=1S/C9H18Si/c1-7-8-9(2,3)10(4,5)6/h1-6H3. The van der Waals surface area contributed by atoms with E-state index in [1.807, 2.05) is 6.92 Å². The first kappa shape index (κ1) is 9.78. The van der Waals surface area contributed by atoms with Gasteiger partial charge in [-0.05, 0) is 6.92 Å². The molecule has 0 rings (SSSR count). The zero-order chi connectivity index (χ0) is 8.41. The predicted molar refractivity (Wildman–Crippen MR) is 50.8 cm³/mol. The second-order valence-electron chi connectivity index (χ2n) is 4.25. The van der Waals surface area contributed by atoms with Gasteiger partial charge in [0.25, 0.3) is 0 Å². The molecule has 0 aliphatic rings. The molecular formula is C9H18Si. The lowest BCUT2D eigenvalue weighted by Crippen LogP contribution is -2.33. The Hall–Kier alpha value is -0.223. The molecule has 0 fully saturated rings. The Morgan fingerprint density at radius 2 is 1.50 bits per heavy atom. The molecule has 0 saturated carbocycles. The summed E-state index contributed by atoms with van der Waals surface area (Å²) in [7, 11) is -1.08. The van der Waals surface area contributed by atoms with Gasteiger partial charge in [-0.1, -0.05) is 33.5 Å². The molecule has 10 heavy (non-hydrogen) atoms. The van der Waals surface area contributed by atoms with Crippen LogP contribution in [0.25, 0.3) is 0 Å². The molecule has 0 amide bonds. The van der Waals surface area contributed by atoms with Crippen LogP contribution in [-0.4, -0.2) is 8.07 Å². The lowest BCUT2D eigenvalue weighted by Gasteiger charge is -2.31. The molecular weight excluding hydrogens is 136 g/mol. The van der Waals surface area contributed by atoms with E-state index in [4.69, 9.17) is 0 Å². The van der Waals surface area contributed by atoms with Gasteiger partial charge in [0.2, 0.25) is 0 Å². The van der Waals surface area contributed by atoms with E-state index >= 15 is 0 Å². The maximum Gasteiger partial charge on any atom is 0.0644 e. The minimum atomic E-state index is -1.08. The van der Waals surface area contributed by atoms with E-state index in [2.05, 4.69) is 45.3 Å². The van der Waals surface area contributed by atoms with Crippen molar-refractivity contribution in [2.45, 2.75) is 45.5 Å². The second kappa shape index (κ2) is 2.80. The predicted octanol–water partition coefficient (Wildman–Crippen LogP) is 3.13. The Bertz CT molecular complexity index is 161. The average molecular weight is 154 g/mol. The van der Waals surface area contributed by atoms with Gasteiger partial charge in [0.1, 0.15) is 0 Å². The monoisotopic (exact) mass is 154 g/mol. The first-order valence-electron chi connectivity index (χ1n) is 3.75. The number of hydrogen-bond acceptors (Lipinski definition) is 0. The van der Waals surface area contributed by atoms with Crippen molar-refractivity contribution in [2.24, 2.45) is 0 Å². The molecule has 0 nitrogen and oxygen atoms in total. The molecule has 0 spiro atoms. The van der Waals surface area contributed by atoms with Crippen LogP contribution in [-0.2, 0) is 0 Å². The Kier molecular flexibility index (Phi) is 2.73. The van der Waals surface area contributed by atoms with Gasteiger partial charge in [-0.25, -0.2) is 0 Å². The summed E-state index contributed by atoms with van der Waals surface area (Å²) in [5.41, 5.74) is 0. The molecule has 0 aliphatic heterocycles. The van der Waals surface area contributed by atoms with E-state index in [1.54, 1.807) is 0 Å². The molecule has 0 atom stereocenters. The van der Waals surface area contributed by atoms with E-state index in [9.17, 15) is 0 Å². The molecule has 0 saturated heterocycles. The highest BCUT2D eigenvalue weighted by Crippen LogP contribution is 2.35. The quantitative estimate of drug-likeness (QED) is 0.402. The van der Waals surface area contributed by atoms with Crippen molar-refractivity contribution in [3.8, 4) is 11.8 Å². The summed E-state index contributed by atoms with van der Waals surface area (Å²) in [6.07, 6.45) is 0. The van der Waals surface area contributed by atoms with Gasteiger partial charge in [0, 0.05) is 5.04 Å². The van der Waals surface area contributed by atoms with E-state index in [-0.39, 0.29) is 5.04 Å². The summed E-state index contributed by atoms with van der Waals surface area (Å²) in [4.78, 5) is 0. The Morgan fingerprint density at radius 1 is 1.10 bits per heavy atom. The van der Waals surface area contributed by atoms with Crippen LogP contribution in [0.3, 0.4) is 0 Å². The average Bonchev–Trinajstić information content (AvgIpc) is 1.61. The summed E-state index contributed by atoms with van der Waals surface area (Å²) >= 11 is 0. The van der Waals surface area contributed by atoms with Crippen LogP contribution in [0.4, 0.5) is 0 Å². The summed E-state index contributed by atoms with van der Waals surface area (Å²) in [5.74, 6) is 6.27. The molecule has 0 bridgehead atoms. The van der Waals surface area contributed by atoms with E-state index in [1.165, 1.54) is 0 Å². The Balaban J connectivity index is 4.51. The number of rotatable bonds is 1. The van der Waals surface area contributed by atoms with Crippen molar-refractivity contribution in [1.82, 2.24) is 0 Å². The minimum Gasteiger partial charge on any atom is -0.106 e. The fourth-order valence-electron chi connectivity index (χ4n) is 0.500. The Labute approximate surface area is 66.0 Å². The third kappa shape index (κ3) is 2.19. The molecule has 0 unspecified atom stereocenters. The molecule has 0 aromatic carbocycles. The fraction of sp³-hybridized carbons (Fsp3) is 0.778. The van der Waals surface area contributed by atoms with Gasteiger partial charge in [-0.3, -0.25) is 0 Å². The highest BCUT2D eigenvalue weighted by atomic mass is 28.3. The van der Waals surface area contributed by atoms with Gasteiger partial charge in [-0.15, -0.1) is 11.8 Å². The fourth-order valence-corrected chi connectivity index (χ4v) is 1.00. The van der Waals surface area contributed by atoms with Crippen molar-refractivity contribution in [3.63, 3.8) is 0 Å². The lowest BCUT2D eigenvalue weighted by atomic mass is 10.2. The van der Waals surface area contributed by atoms with Crippen molar-refractivity contribution in [2.75, 3.05) is 0 Å². The molecule has 0 N–H and O–H groups in total. The van der Waals surface area contributed by atoms with Crippen LogP contribution in [0.5, 0.6) is 0 Å². The first-order chi connectivity index (χ1) is 4.31. The second-order valence-corrected chi connectivity index (χ2v) is 10.0. The maximum absolute atomic E-state index is 3.27. The summed E-state index contributed by atoms with van der Waals surface area (Å²) in [6.45, 7) is 13.5. The van der Waals surface area contributed by atoms with Crippen molar-refractivity contribution in [1.29, 1.82) is 0 Å². The van der Waals surface area contributed by atoms with Gasteiger partial charge in [0.15, 0.2) is 0 Å². The van der Waals surface area contributed by atoms with Crippen molar-refractivity contribution < 1.29 is 0 Å². The van der Waals surface area contributed by atoms with Crippen LogP contribution in [0.15, 0.2) is 0 Å². The van der Waals surface area contributed by atoms with Crippen LogP contribution < -0.4 is 0 Å². The molecule has 0 aromatic heterocycles. The van der Waals surface area contributed by atoms with Gasteiger partial charge in [-0.2, -0.15) is 0 Å². The molecule has 0 aromatic rings. The zero-order valence-corrected chi connectivity index (χ0v) is 9.00. The highest BCUT2D eigenvalue weighted by Gasteiger charge is 2.32. The van der Waals surface area contributed by atoms with Gasteiger partial charge in [0.05, 0.1) is 8.07 Å². The van der Waals surface area contributed by atoms with Crippen LogP contribution in [0.1, 0.15) is 20.8 Å². The van der Waals surface area contributed by atoms with Crippen molar-refractivity contribution >= 4 is 8.07 Å². The third-order valence-corrected chi connectivity index (χ3v) is 6.19. The summed E-state index contributed by atoms with van der Waals surface area (Å²) in [6, 6.07) is 0. The van der Waals surface area contributed by atoms with Crippen LogP contribution >= 0.6 is 0 Å².